The third-order valence-electron chi connectivity index (χ3n) is 2.84. The van der Waals surface area contributed by atoms with Crippen molar-refractivity contribution in [1.82, 2.24) is 9.29 Å². The van der Waals surface area contributed by atoms with Crippen LogP contribution in [0.5, 0.6) is 0 Å². The lowest BCUT2D eigenvalue weighted by Gasteiger charge is -2.30. The van der Waals surface area contributed by atoms with Gasteiger partial charge in [-0.1, -0.05) is 6.07 Å². The molecule has 1 saturated heterocycles. The number of hydrogen-bond donors (Lipinski definition) is 3. The lowest BCUT2D eigenvalue weighted by Crippen LogP contribution is -2.57. The van der Waals surface area contributed by atoms with E-state index in [1.807, 2.05) is 0 Å². The molecule has 1 aliphatic heterocycles. The lowest BCUT2D eigenvalue weighted by molar-refractivity contribution is -0.226. The zero-order chi connectivity index (χ0) is 14.0. The van der Waals surface area contributed by atoms with Gasteiger partial charge in [0.2, 0.25) is 5.78 Å². The van der Waals surface area contributed by atoms with Gasteiger partial charge in [0.05, 0.1) is 0 Å². The molecule has 2 unspecified atom stereocenters. The van der Waals surface area contributed by atoms with Gasteiger partial charge in [-0.3, -0.25) is 4.79 Å². The van der Waals surface area contributed by atoms with Crippen molar-refractivity contribution in [3.63, 3.8) is 0 Å². The van der Waals surface area contributed by atoms with Crippen molar-refractivity contribution in [3.05, 3.63) is 24.4 Å². The molecule has 0 saturated carbocycles. The summed E-state index contributed by atoms with van der Waals surface area (Å²) < 4.78 is 13.0. The SMILES string of the molecule is O=C1C(O)CCCN(S(=O)c2ccccn2)C1(O)O. The minimum Gasteiger partial charge on any atom is -0.385 e. The smallest absolute Gasteiger partial charge is 0.302 e. The van der Waals surface area contributed by atoms with Crippen molar-refractivity contribution in [3.8, 4) is 0 Å². The first-order valence-corrected chi connectivity index (χ1v) is 6.83. The van der Waals surface area contributed by atoms with E-state index in [-0.39, 0.29) is 18.0 Å². The van der Waals surface area contributed by atoms with E-state index in [1.165, 1.54) is 12.3 Å². The molecule has 0 aliphatic carbocycles. The fourth-order valence-electron chi connectivity index (χ4n) is 1.82. The van der Waals surface area contributed by atoms with Gasteiger partial charge in [-0.05, 0) is 25.0 Å². The standard InChI is InChI=1S/C11H14N2O5S/c14-8-4-3-7-13(11(16,17)10(8)15)19(18)9-5-1-2-6-12-9/h1-2,5-6,8,14,16-17H,3-4,7H2. The van der Waals surface area contributed by atoms with Gasteiger partial charge in [0.15, 0.2) is 11.0 Å². The number of carbonyl (C=O) groups excluding carboxylic acids is 1. The minimum absolute atomic E-state index is 0.00101. The molecule has 2 atom stereocenters. The summed E-state index contributed by atoms with van der Waals surface area (Å²) in [4.78, 5) is 15.5. The molecule has 3 N–H and O–H groups in total. The van der Waals surface area contributed by atoms with Crippen LogP contribution >= 0.6 is 0 Å². The molecule has 0 radical (unpaired) electrons. The Bertz CT molecular complexity index is 493. The van der Waals surface area contributed by atoms with Crippen LogP contribution in [0.4, 0.5) is 0 Å². The highest BCUT2D eigenvalue weighted by Crippen LogP contribution is 2.24. The van der Waals surface area contributed by atoms with Crippen LogP contribution in [0.2, 0.25) is 0 Å². The fraction of sp³-hybridized carbons (Fsp3) is 0.455. The Morgan fingerprint density at radius 1 is 1.42 bits per heavy atom. The molecule has 7 nitrogen and oxygen atoms in total. The molecule has 0 amide bonds. The number of carbonyl (C=O) groups is 1. The Labute approximate surface area is 112 Å². The number of aliphatic hydroxyl groups excluding tert-OH is 1. The Morgan fingerprint density at radius 2 is 2.16 bits per heavy atom. The summed E-state index contributed by atoms with van der Waals surface area (Å²) in [5.74, 6) is -4.13. The van der Waals surface area contributed by atoms with E-state index in [4.69, 9.17) is 0 Å². The Hall–Kier alpha value is -1.19. The summed E-state index contributed by atoms with van der Waals surface area (Å²) in [6, 6.07) is 4.69. The molecule has 0 bridgehead atoms. The first-order valence-electron chi connectivity index (χ1n) is 5.72. The molecular weight excluding hydrogens is 272 g/mol. The number of hydrogen-bond acceptors (Lipinski definition) is 6. The number of Topliss-reactive ketones (excluding diaryl/α,β-unsaturated/α-hetero) is 1. The second-order valence-corrected chi connectivity index (χ2v) is 5.53. The van der Waals surface area contributed by atoms with Crippen LogP contribution in [0.15, 0.2) is 29.4 Å². The number of aliphatic hydroxyl groups is 3. The summed E-state index contributed by atoms with van der Waals surface area (Å²) in [6.07, 6.45) is 0.352. The van der Waals surface area contributed by atoms with E-state index in [0.29, 0.717) is 6.42 Å². The predicted molar refractivity (Wildman–Crippen MR) is 64.8 cm³/mol. The minimum atomic E-state index is -2.96. The average Bonchev–Trinajstić information content (AvgIpc) is 2.51. The van der Waals surface area contributed by atoms with Crippen LogP contribution < -0.4 is 0 Å². The molecule has 1 aromatic rings. The Kier molecular flexibility index (Phi) is 4.07. The van der Waals surface area contributed by atoms with Crippen molar-refractivity contribution >= 4 is 16.8 Å². The second kappa shape index (κ2) is 5.43. The van der Waals surface area contributed by atoms with Crippen molar-refractivity contribution in [2.24, 2.45) is 0 Å². The van der Waals surface area contributed by atoms with E-state index < -0.39 is 28.8 Å². The van der Waals surface area contributed by atoms with Crippen LogP contribution in [0.25, 0.3) is 0 Å². The topological polar surface area (TPSA) is 111 Å². The molecular formula is C11H14N2O5S. The van der Waals surface area contributed by atoms with Crippen LogP contribution in [0.3, 0.4) is 0 Å². The van der Waals surface area contributed by atoms with Gasteiger partial charge in [-0.2, -0.15) is 4.31 Å². The Morgan fingerprint density at radius 3 is 2.79 bits per heavy atom. The van der Waals surface area contributed by atoms with Crippen molar-refractivity contribution in [1.29, 1.82) is 0 Å². The van der Waals surface area contributed by atoms with Gasteiger partial charge in [-0.15, -0.1) is 0 Å². The van der Waals surface area contributed by atoms with E-state index in [1.54, 1.807) is 12.1 Å². The number of pyridine rings is 1. The van der Waals surface area contributed by atoms with Gasteiger partial charge in [0, 0.05) is 12.7 Å². The average molecular weight is 286 g/mol. The van der Waals surface area contributed by atoms with Gasteiger partial charge in [0.25, 0.3) is 0 Å². The molecule has 1 aromatic heterocycles. The molecule has 8 heteroatoms. The van der Waals surface area contributed by atoms with Gasteiger partial charge >= 0.3 is 5.91 Å². The highest BCUT2D eigenvalue weighted by atomic mass is 32.2. The first kappa shape index (κ1) is 14.2. The summed E-state index contributed by atoms with van der Waals surface area (Å²) in [6.45, 7) is -0.00101. The maximum atomic E-state index is 12.2. The van der Waals surface area contributed by atoms with Crippen molar-refractivity contribution in [2.45, 2.75) is 29.9 Å². The summed E-state index contributed by atoms with van der Waals surface area (Å²) >= 11 is 0. The maximum absolute atomic E-state index is 12.2. The monoisotopic (exact) mass is 286 g/mol. The lowest BCUT2D eigenvalue weighted by atomic mass is 10.1. The third-order valence-corrected chi connectivity index (χ3v) is 4.27. The summed E-state index contributed by atoms with van der Waals surface area (Å²) in [5.41, 5.74) is 0. The summed E-state index contributed by atoms with van der Waals surface area (Å²) in [7, 11) is -2.00. The van der Waals surface area contributed by atoms with E-state index in [9.17, 15) is 24.3 Å². The quantitative estimate of drug-likeness (QED) is 0.587. The largest absolute Gasteiger partial charge is 0.385 e. The van der Waals surface area contributed by atoms with Crippen LogP contribution in [0.1, 0.15) is 12.8 Å². The van der Waals surface area contributed by atoms with Crippen molar-refractivity contribution in [2.75, 3.05) is 6.54 Å². The van der Waals surface area contributed by atoms with Gasteiger partial charge in [0.1, 0.15) is 11.1 Å². The first-order chi connectivity index (χ1) is 8.94. The van der Waals surface area contributed by atoms with Crippen LogP contribution in [0, 0.1) is 0 Å². The van der Waals surface area contributed by atoms with Crippen molar-refractivity contribution < 1.29 is 24.3 Å². The van der Waals surface area contributed by atoms with Crippen LogP contribution in [-0.4, -0.2) is 53.2 Å². The number of aromatic nitrogens is 1. The maximum Gasteiger partial charge on any atom is 0.302 e. The highest BCUT2D eigenvalue weighted by molar-refractivity contribution is 7.82. The molecule has 1 fully saturated rings. The Balaban J connectivity index is 2.32. The van der Waals surface area contributed by atoms with E-state index in [0.717, 1.165) is 4.31 Å². The normalized spacial score (nSPS) is 25.8. The third kappa shape index (κ3) is 2.72. The molecule has 0 spiro atoms. The molecule has 104 valence electrons. The zero-order valence-electron chi connectivity index (χ0n) is 9.97. The van der Waals surface area contributed by atoms with E-state index in [2.05, 4.69) is 4.98 Å². The fourth-order valence-corrected chi connectivity index (χ4v) is 3.01. The molecule has 2 rings (SSSR count). The molecule has 2 heterocycles. The van der Waals surface area contributed by atoms with Crippen LogP contribution in [-0.2, 0) is 15.8 Å². The summed E-state index contributed by atoms with van der Waals surface area (Å²) in [5, 5.41) is 29.2. The van der Waals surface area contributed by atoms with Gasteiger partial charge < -0.3 is 15.3 Å². The molecule has 19 heavy (non-hydrogen) atoms. The predicted octanol–water partition coefficient (Wildman–Crippen LogP) is -1.23. The molecule has 1 aliphatic rings. The number of nitrogens with zero attached hydrogens (tertiary/aromatic N) is 2. The number of rotatable bonds is 2. The second-order valence-electron chi connectivity index (χ2n) is 4.18. The zero-order valence-corrected chi connectivity index (χ0v) is 10.8. The van der Waals surface area contributed by atoms with E-state index >= 15 is 0 Å². The van der Waals surface area contributed by atoms with Gasteiger partial charge in [-0.25, -0.2) is 9.19 Å². The molecule has 0 aromatic carbocycles. The highest BCUT2D eigenvalue weighted by Gasteiger charge is 2.48. The number of ketones is 1.